The van der Waals surface area contributed by atoms with E-state index in [0.717, 1.165) is 10.9 Å². The van der Waals surface area contributed by atoms with E-state index < -0.39 is 30.3 Å². The second kappa shape index (κ2) is 10.4. The van der Waals surface area contributed by atoms with E-state index in [1.165, 1.54) is 17.8 Å². The second-order valence-electron chi connectivity index (χ2n) is 10.9. The maximum absolute atomic E-state index is 15.2. The van der Waals surface area contributed by atoms with Gasteiger partial charge in [0.25, 0.3) is 0 Å². The van der Waals surface area contributed by atoms with E-state index >= 15 is 4.39 Å². The number of carbonyl (C=O) groups excluding carboxylic acids is 1. The number of ether oxygens (including phenoxy) is 2. The van der Waals surface area contributed by atoms with Crippen molar-refractivity contribution < 1.29 is 28.6 Å². The van der Waals surface area contributed by atoms with Crippen molar-refractivity contribution in [3.8, 4) is 0 Å². The zero-order valence-corrected chi connectivity index (χ0v) is 24.5. The highest BCUT2D eigenvalue weighted by Gasteiger charge is 2.72. The highest BCUT2D eigenvalue weighted by atomic mass is 79.9. The first-order valence-corrected chi connectivity index (χ1v) is 17.4. The maximum Gasteiger partial charge on any atom is 0.415 e. The Labute approximate surface area is 224 Å². The zero-order chi connectivity index (χ0) is 26.3. The number of aliphatic imine (C=N–C) groups is 1. The Kier molecular flexibility index (Phi) is 7.93. The largest absolute Gasteiger partial charge is 0.465 e. The fourth-order valence-electron chi connectivity index (χ4n) is 4.76. The Hall–Kier alpha value is -1.47. The summed E-state index contributed by atoms with van der Waals surface area (Å²) in [6.07, 6.45) is -0.743. The summed E-state index contributed by atoms with van der Waals surface area (Å²) in [5.41, 5.74) is -0.788. The van der Waals surface area contributed by atoms with Gasteiger partial charge in [-0.1, -0.05) is 47.3 Å². The number of rotatable bonds is 7. The predicted octanol–water partition coefficient (Wildman–Crippen LogP) is 4.82. The number of hydrogen-bond acceptors (Lipinski definition) is 6. The molecule has 4 rings (SSSR count). The lowest BCUT2D eigenvalue weighted by atomic mass is 9.85. The average Bonchev–Trinajstić information content (AvgIpc) is 3.56. The number of amides is 2. The first-order valence-electron chi connectivity index (χ1n) is 12.1. The normalized spacial score (nSPS) is 27.8. The van der Waals surface area contributed by atoms with Crippen molar-refractivity contribution in [2.24, 2.45) is 10.9 Å². The Morgan fingerprint density at radius 3 is 2.69 bits per heavy atom. The lowest BCUT2D eigenvalue weighted by Crippen LogP contribution is -2.51. The number of carbonyl (C=O) groups is 2. The topological polar surface area (TPSA) is 91.7 Å². The molecule has 1 saturated heterocycles. The highest BCUT2D eigenvalue weighted by Crippen LogP contribution is 2.67. The minimum absolute atomic E-state index is 0.0696. The van der Waals surface area contributed by atoms with Crippen molar-refractivity contribution in [3.05, 3.63) is 34.1 Å². The lowest BCUT2D eigenvalue weighted by Gasteiger charge is -2.39. The van der Waals surface area contributed by atoms with Gasteiger partial charge in [-0.05, 0) is 37.6 Å². The summed E-state index contributed by atoms with van der Waals surface area (Å²) >= 11 is 4.59. The molecular weight excluding hydrogens is 569 g/mol. The van der Waals surface area contributed by atoms with Gasteiger partial charge in [-0.15, -0.1) is 0 Å². The Bertz CT molecular complexity index is 1070. The molecule has 2 fully saturated rings. The van der Waals surface area contributed by atoms with Gasteiger partial charge in [-0.25, -0.2) is 14.1 Å². The maximum atomic E-state index is 15.2. The summed E-state index contributed by atoms with van der Waals surface area (Å²) in [6, 6.07) is 5.54. The molecule has 198 valence electrons. The minimum Gasteiger partial charge on any atom is -0.465 e. The number of nitrogens with zero attached hydrogens (tertiary/aromatic N) is 3. The molecule has 0 bridgehead atoms. The van der Waals surface area contributed by atoms with Crippen LogP contribution in [-0.2, 0) is 19.8 Å². The number of hydrogen-bond donors (Lipinski definition) is 1. The van der Waals surface area contributed by atoms with Crippen LogP contribution in [0.3, 0.4) is 0 Å². The summed E-state index contributed by atoms with van der Waals surface area (Å²) < 4.78 is 26.1. The Morgan fingerprint density at radius 1 is 1.36 bits per heavy atom. The molecule has 8 nitrogen and oxygen atoms in total. The average molecular weight is 603 g/mol. The molecule has 0 unspecified atom stereocenters. The van der Waals surface area contributed by atoms with Gasteiger partial charge in [-0.3, -0.25) is 9.79 Å². The fraction of sp³-hybridized carbons (Fsp3) is 0.625. The van der Waals surface area contributed by atoms with E-state index in [-0.39, 0.29) is 23.7 Å². The van der Waals surface area contributed by atoms with Gasteiger partial charge in [0.1, 0.15) is 17.3 Å². The van der Waals surface area contributed by atoms with Crippen LogP contribution in [0.25, 0.3) is 0 Å². The van der Waals surface area contributed by atoms with Gasteiger partial charge in [0, 0.05) is 43.7 Å². The standard InChI is InChI=1S/C24H33BrFN3O5SSi/c1-23(17-13-16(25)5-6-18(17)26)19-14-24(19,20(30)28-7-9-33-10-8-28)35-21(27-23)29(22(31)32)15-34-11-12-36(2,3)4/h5-6,13,19H,7-12,14-15H2,1-4H3,(H,31,32)/t19-,23+,24-/m0/s1. The molecule has 2 heterocycles. The third-order valence-corrected chi connectivity index (χ3v) is 10.7. The molecular formula is C24H33BrFN3O5SSi. The first-order chi connectivity index (χ1) is 16.9. The highest BCUT2D eigenvalue weighted by molar-refractivity contribution is 9.10. The SMILES string of the molecule is C[C@]1(c2cc(Br)ccc2F)N=C(N(COCC[Si](C)(C)C)C(=O)O)S[C@@]2(C(=O)N3CCOCC3)C[C@H]21. The molecule has 0 spiro atoms. The molecule has 36 heavy (non-hydrogen) atoms. The van der Waals surface area contributed by atoms with Gasteiger partial charge in [0.2, 0.25) is 5.91 Å². The van der Waals surface area contributed by atoms with Crippen LogP contribution in [0.5, 0.6) is 0 Å². The molecule has 1 aromatic carbocycles. The molecule has 2 amide bonds. The zero-order valence-electron chi connectivity index (χ0n) is 21.1. The van der Waals surface area contributed by atoms with Crippen molar-refractivity contribution >= 4 is 52.9 Å². The number of fused-ring (bicyclic) bond motifs is 1. The minimum atomic E-state index is -1.36. The molecule has 3 atom stereocenters. The first kappa shape index (κ1) is 27.6. The van der Waals surface area contributed by atoms with Crippen molar-refractivity contribution in [2.45, 2.75) is 49.3 Å². The van der Waals surface area contributed by atoms with E-state index in [4.69, 9.17) is 14.5 Å². The summed E-state index contributed by atoms with van der Waals surface area (Å²) in [7, 11) is -1.36. The van der Waals surface area contributed by atoms with Crippen LogP contribution in [-0.4, -0.2) is 84.5 Å². The van der Waals surface area contributed by atoms with E-state index in [0.29, 0.717) is 49.4 Å². The van der Waals surface area contributed by atoms with Crippen LogP contribution in [0.15, 0.2) is 27.7 Å². The molecule has 1 aliphatic carbocycles. The van der Waals surface area contributed by atoms with Crippen LogP contribution in [0.2, 0.25) is 25.7 Å². The number of morpholine rings is 1. The van der Waals surface area contributed by atoms with Gasteiger partial charge in [-0.2, -0.15) is 0 Å². The van der Waals surface area contributed by atoms with Crippen LogP contribution in [0.4, 0.5) is 9.18 Å². The molecule has 1 N–H and O–H groups in total. The van der Waals surface area contributed by atoms with Crippen molar-refractivity contribution in [3.63, 3.8) is 0 Å². The van der Waals surface area contributed by atoms with Crippen LogP contribution in [0.1, 0.15) is 18.9 Å². The van der Waals surface area contributed by atoms with Gasteiger partial charge in [0.15, 0.2) is 5.17 Å². The van der Waals surface area contributed by atoms with E-state index in [2.05, 4.69) is 35.6 Å². The van der Waals surface area contributed by atoms with Crippen molar-refractivity contribution in [2.75, 3.05) is 39.6 Å². The number of thioether (sulfide) groups is 1. The van der Waals surface area contributed by atoms with E-state index in [1.807, 2.05) is 0 Å². The summed E-state index contributed by atoms with van der Waals surface area (Å²) in [6.45, 7) is 10.6. The number of halogens is 2. The van der Waals surface area contributed by atoms with Crippen molar-refractivity contribution in [1.82, 2.24) is 9.80 Å². The Balaban J connectivity index is 1.69. The monoisotopic (exact) mass is 601 g/mol. The van der Waals surface area contributed by atoms with Crippen LogP contribution >= 0.6 is 27.7 Å². The summed E-state index contributed by atoms with van der Waals surface area (Å²) in [5, 5.41) is 10.2. The van der Waals surface area contributed by atoms with Crippen LogP contribution in [0, 0.1) is 11.7 Å². The third-order valence-electron chi connectivity index (χ3n) is 7.00. The van der Waals surface area contributed by atoms with Gasteiger partial charge < -0.3 is 19.5 Å². The van der Waals surface area contributed by atoms with Gasteiger partial charge in [0.05, 0.1) is 18.8 Å². The molecule has 2 aliphatic heterocycles. The number of amidine groups is 1. The second-order valence-corrected chi connectivity index (χ2v) is 18.7. The Morgan fingerprint density at radius 2 is 2.06 bits per heavy atom. The molecule has 12 heteroatoms. The smallest absolute Gasteiger partial charge is 0.415 e. The summed E-state index contributed by atoms with van der Waals surface area (Å²) in [5.74, 6) is -0.787. The predicted molar refractivity (Wildman–Crippen MR) is 144 cm³/mol. The molecule has 0 aromatic heterocycles. The van der Waals surface area contributed by atoms with Crippen molar-refractivity contribution in [1.29, 1.82) is 0 Å². The summed E-state index contributed by atoms with van der Waals surface area (Å²) in [4.78, 5) is 33.8. The lowest BCUT2D eigenvalue weighted by molar-refractivity contribution is -0.135. The van der Waals surface area contributed by atoms with E-state index in [1.54, 1.807) is 24.0 Å². The molecule has 0 radical (unpaired) electrons. The molecule has 1 aromatic rings. The molecule has 1 saturated carbocycles. The van der Waals surface area contributed by atoms with E-state index in [9.17, 15) is 14.7 Å². The quantitative estimate of drug-likeness (QED) is 0.274. The van der Waals surface area contributed by atoms with Gasteiger partial charge >= 0.3 is 6.09 Å². The number of benzene rings is 1. The fourth-order valence-corrected chi connectivity index (χ4v) is 7.52. The molecule has 3 aliphatic rings. The third kappa shape index (κ3) is 5.52. The number of carboxylic acid groups (broad SMARTS) is 1. The van der Waals surface area contributed by atoms with Crippen LogP contribution < -0.4 is 0 Å².